The van der Waals surface area contributed by atoms with Gasteiger partial charge in [-0.1, -0.05) is 18.2 Å². The van der Waals surface area contributed by atoms with Gasteiger partial charge in [-0.2, -0.15) is 0 Å². The number of oxazole rings is 1. The summed E-state index contributed by atoms with van der Waals surface area (Å²) >= 11 is 0. The lowest BCUT2D eigenvalue weighted by molar-refractivity contribution is 0.0602. The number of benzene rings is 2. The fraction of sp³-hybridized carbons (Fsp3) is 0.0667. The van der Waals surface area contributed by atoms with Gasteiger partial charge in [-0.15, -0.1) is 0 Å². The molecule has 3 aromatic rings. The van der Waals surface area contributed by atoms with Crippen LogP contribution in [0.2, 0.25) is 0 Å². The highest BCUT2D eigenvalue weighted by molar-refractivity contribution is 5.99. The van der Waals surface area contributed by atoms with Crippen LogP contribution in [0.3, 0.4) is 0 Å². The Hall–Kier alpha value is -2.82. The number of aromatic nitrogens is 1. The summed E-state index contributed by atoms with van der Waals surface area (Å²) in [6.45, 7) is 0. The van der Waals surface area contributed by atoms with E-state index in [1.54, 1.807) is 12.1 Å². The quantitative estimate of drug-likeness (QED) is 0.571. The number of fused-ring (bicyclic) bond motifs is 1. The van der Waals surface area contributed by atoms with Crippen LogP contribution in [0, 0.1) is 0 Å². The highest BCUT2D eigenvalue weighted by atomic mass is 16.5. The second-order valence-corrected chi connectivity index (χ2v) is 4.28. The normalized spacial score (nSPS) is 10.7. The van der Waals surface area contributed by atoms with Gasteiger partial charge in [0.05, 0.1) is 12.7 Å². The molecule has 3 rings (SSSR count). The predicted octanol–water partition coefficient (Wildman–Crippen LogP) is 2.86. The SMILES string of the molecule is COC(=O)c1cc2oc(-c3ccccc3)nc2cc1N. The standard InChI is InChI=1S/C15H12N2O3/c1-19-15(18)10-7-13-12(8-11(10)16)17-14(20-13)9-5-3-2-4-6-9/h2-8H,16H2,1H3. The topological polar surface area (TPSA) is 78.3 Å². The van der Waals surface area contributed by atoms with Gasteiger partial charge in [-0.05, 0) is 24.3 Å². The highest BCUT2D eigenvalue weighted by Gasteiger charge is 2.15. The van der Waals surface area contributed by atoms with Crippen molar-refractivity contribution in [3.63, 3.8) is 0 Å². The smallest absolute Gasteiger partial charge is 0.340 e. The van der Waals surface area contributed by atoms with E-state index >= 15 is 0 Å². The van der Waals surface area contributed by atoms with Crippen LogP contribution >= 0.6 is 0 Å². The molecule has 0 aliphatic heterocycles. The molecule has 0 aliphatic carbocycles. The molecule has 2 N–H and O–H groups in total. The Balaban J connectivity index is 2.15. The first kappa shape index (κ1) is 12.2. The minimum absolute atomic E-state index is 0.274. The van der Waals surface area contributed by atoms with Gasteiger partial charge in [0.25, 0.3) is 0 Å². The molecular weight excluding hydrogens is 256 g/mol. The number of ether oxygens (including phenoxy) is 1. The summed E-state index contributed by atoms with van der Waals surface area (Å²) in [5, 5.41) is 0. The van der Waals surface area contributed by atoms with Crippen molar-refractivity contribution in [1.29, 1.82) is 0 Å². The highest BCUT2D eigenvalue weighted by Crippen LogP contribution is 2.27. The average molecular weight is 268 g/mol. The van der Waals surface area contributed by atoms with E-state index in [0.717, 1.165) is 5.56 Å². The molecule has 5 nitrogen and oxygen atoms in total. The minimum Gasteiger partial charge on any atom is -0.465 e. The summed E-state index contributed by atoms with van der Waals surface area (Å²) in [6, 6.07) is 12.7. The van der Waals surface area contributed by atoms with Gasteiger partial charge in [0, 0.05) is 11.3 Å². The van der Waals surface area contributed by atoms with Crippen LogP contribution in [0.4, 0.5) is 5.69 Å². The van der Waals surface area contributed by atoms with Crippen LogP contribution in [0.5, 0.6) is 0 Å². The molecule has 100 valence electrons. The Morgan fingerprint density at radius 3 is 2.70 bits per heavy atom. The van der Waals surface area contributed by atoms with Gasteiger partial charge in [-0.3, -0.25) is 0 Å². The lowest BCUT2D eigenvalue weighted by atomic mass is 10.1. The van der Waals surface area contributed by atoms with E-state index in [1.807, 2.05) is 30.3 Å². The van der Waals surface area contributed by atoms with E-state index in [9.17, 15) is 4.79 Å². The van der Waals surface area contributed by atoms with Crippen LogP contribution in [0.25, 0.3) is 22.6 Å². The summed E-state index contributed by atoms with van der Waals surface area (Å²) in [4.78, 5) is 16.0. The predicted molar refractivity (Wildman–Crippen MR) is 75.2 cm³/mol. The molecule has 0 fully saturated rings. The molecule has 0 unspecified atom stereocenters. The summed E-state index contributed by atoms with van der Waals surface area (Å²) in [5.41, 5.74) is 8.39. The van der Waals surface area contributed by atoms with E-state index in [4.69, 9.17) is 10.2 Å². The van der Waals surface area contributed by atoms with Gasteiger partial charge in [0.1, 0.15) is 5.52 Å². The van der Waals surface area contributed by atoms with Crippen LogP contribution in [0.15, 0.2) is 46.9 Å². The lowest BCUT2D eigenvalue weighted by Gasteiger charge is -2.01. The number of methoxy groups -OCH3 is 1. The molecule has 0 saturated carbocycles. The maximum absolute atomic E-state index is 11.6. The van der Waals surface area contributed by atoms with Crippen molar-refractivity contribution in [3.05, 3.63) is 48.0 Å². The first-order chi connectivity index (χ1) is 9.69. The number of nitrogens with two attached hydrogens (primary N) is 1. The Bertz CT molecular complexity index is 778. The minimum atomic E-state index is -0.498. The zero-order valence-corrected chi connectivity index (χ0v) is 10.8. The molecule has 0 spiro atoms. The molecule has 1 heterocycles. The van der Waals surface area contributed by atoms with E-state index < -0.39 is 5.97 Å². The fourth-order valence-corrected chi connectivity index (χ4v) is 1.98. The third kappa shape index (κ3) is 1.99. The van der Waals surface area contributed by atoms with Crippen molar-refractivity contribution in [2.24, 2.45) is 0 Å². The summed E-state index contributed by atoms with van der Waals surface area (Å²) in [6.07, 6.45) is 0. The number of carbonyl (C=O) groups is 1. The number of hydrogen-bond donors (Lipinski definition) is 1. The maximum atomic E-state index is 11.6. The molecule has 0 aliphatic rings. The third-order valence-corrected chi connectivity index (χ3v) is 2.99. The maximum Gasteiger partial charge on any atom is 0.340 e. The molecule has 0 bridgehead atoms. The number of nitrogens with zero attached hydrogens (tertiary/aromatic N) is 1. The molecule has 0 atom stereocenters. The van der Waals surface area contributed by atoms with Gasteiger partial charge in [0.15, 0.2) is 5.58 Å². The number of anilines is 1. The summed E-state index contributed by atoms with van der Waals surface area (Å²) in [7, 11) is 1.31. The van der Waals surface area contributed by atoms with Crippen LogP contribution in [-0.2, 0) is 4.74 Å². The first-order valence-corrected chi connectivity index (χ1v) is 6.03. The van der Waals surface area contributed by atoms with Crippen molar-refractivity contribution < 1.29 is 13.9 Å². The van der Waals surface area contributed by atoms with E-state index in [0.29, 0.717) is 22.7 Å². The molecule has 5 heteroatoms. The van der Waals surface area contributed by atoms with Gasteiger partial charge in [-0.25, -0.2) is 9.78 Å². The van der Waals surface area contributed by atoms with Crippen LogP contribution < -0.4 is 5.73 Å². The van der Waals surface area contributed by atoms with E-state index in [1.165, 1.54) is 7.11 Å². The van der Waals surface area contributed by atoms with Gasteiger partial charge in [0.2, 0.25) is 5.89 Å². The van der Waals surface area contributed by atoms with Crippen LogP contribution in [0.1, 0.15) is 10.4 Å². The molecule has 0 saturated heterocycles. The summed E-state index contributed by atoms with van der Waals surface area (Å²) < 4.78 is 10.3. The first-order valence-electron chi connectivity index (χ1n) is 6.03. The van der Waals surface area contributed by atoms with E-state index in [-0.39, 0.29) is 5.56 Å². The zero-order valence-electron chi connectivity index (χ0n) is 10.8. The number of nitrogen functional groups attached to an aromatic ring is 1. The Kier molecular flexibility index (Phi) is 2.87. The molecular formula is C15H12N2O3. The van der Waals surface area contributed by atoms with Crippen molar-refractivity contribution in [2.75, 3.05) is 12.8 Å². The monoisotopic (exact) mass is 268 g/mol. The molecule has 20 heavy (non-hydrogen) atoms. The number of hydrogen-bond acceptors (Lipinski definition) is 5. The van der Waals surface area contributed by atoms with Crippen molar-refractivity contribution in [3.8, 4) is 11.5 Å². The van der Waals surface area contributed by atoms with Crippen molar-refractivity contribution in [2.45, 2.75) is 0 Å². The zero-order chi connectivity index (χ0) is 14.1. The number of esters is 1. The van der Waals surface area contributed by atoms with Crippen molar-refractivity contribution in [1.82, 2.24) is 4.98 Å². The third-order valence-electron chi connectivity index (χ3n) is 2.99. The Morgan fingerprint density at radius 2 is 2.00 bits per heavy atom. The second-order valence-electron chi connectivity index (χ2n) is 4.28. The lowest BCUT2D eigenvalue weighted by Crippen LogP contribution is -2.05. The molecule has 1 aromatic heterocycles. The second kappa shape index (κ2) is 4.70. The largest absolute Gasteiger partial charge is 0.465 e. The molecule has 0 amide bonds. The molecule has 2 aromatic carbocycles. The van der Waals surface area contributed by atoms with Crippen LogP contribution in [-0.4, -0.2) is 18.1 Å². The van der Waals surface area contributed by atoms with E-state index in [2.05, 4.69) is 9.72 Å². The van der Waals surface area contributed by atoms with Gasteiger partial charge < -0.3 is 14.9 Å². The summed E-state index contributed by atoms with van der Waals surface area (Å²) in [5.74, 6) is -0.0101. The number of rotatable bonds is 2. The van der Waals surface area contributed by atoms with Gasteiger partial charge >= 0.3 is 5.97 Å². The average Bonchev–Trinajstić information content (AvgIpc) is 2.89. The molecule has 0 radical (unpaired) electrons. The van der Waals surface area contributed by atoms with Crippen molar-refractivity contribution >= 4 is 22.8 Å². The fourth-order valence-electron chi connectivity index (χ4n) is 1.98. The Morgan fingerprint density at radius 1 is 1.25 bits per heavy atom. The number of carbonyl (C=O) groups excluding carboxylic acids is 1. The Labute approximate surface area is 115 Å².